The van der Waals surface area contributed by atoms with E-state index >= 15 is 0 Å². The molecule has 0 bridgehead atoms. The lowest BCUT2D eigenvalue weighted by atomic mass is 10.2. The van der Waals surface area contributed by atoms with Crippen molar-refractivity contribution < 1.29 is 4.68 Å². The molecule has 0 aliphatic heterocycles. The fraction of sp³-hybridized carbons (Fsp3) is 0. The summed E-state index contributed by atoms with van der Waals surface area (Å²) in [5, 5.41) is 4.47. The molecule has 1 N–H and O–H groups in total. The van der Waals surface area contributed by atoms with Crippen molar-refractivity contribution in [2.24, 2.45) is 0 Å². The average molecular weight is 223 g/mol. The molecule has 3 nitrogen and oxygen atoms in total. The third-order valence-electron chi connectivity index (χ3n) is 2.73. The Morgan fingerprint density at radius 1 is 0.882 bits per heavy atom. The van der Waals surface area contributed by atoms with Crippen molar-refractivity contribution in [3.05, 3.63) is 71.1 Å². The standard InChI is InChI=1S/C14H10N2O/c17-14-13-9-5-4-6-11(13)10-16(15-14)12-7-2-1-3-8-12/h1-10H/p+1. The molecule has 0 aliphatic carbocycles. The second-order valence-electron chi connectivity index (χ2n) is 3.86. The molecule has 1 aromatic heterocycles. The van der Waals surface area contributed by atoms with Crippen LogP contribution in [0.25, 0.3) is 16.5 Å². The zero-order valence-corrected chi connectivity index (χ0v) is 9.13. The zero-order chi connectivity index (χ0) is 11.7. The summed E-state index contributed by atoms with van der Waals surface area (Å²) >= 11 is 0. The Balaban J connectivity index is 2.30. The molecule has 0 spiro atoms. The van der Waals surface area contributed by atoms with Crippen LogP contribution in [0.1, 0.15) is 0 Å². The van der Waals surface area contributed by atoms with Gasteiger partial charge in [0.25, 0.3) is 0 Å². The van der Waals surface area contributed by atoms with Crippen molar-refractivity contribution in [2.75, 3.05) is 0 Å². The fourth-order valence-electron chi connectivity index (χ4n) is 1.89. The van der Waals surface area contributed by atoms with Gasteiger partial charge in [0.05, 0.1) is 10.8 Å². The number of aromatic amines is 1. The van der Waals surface area contributed by atoms with Gasteiger partial charge in [-0.15, -0.1) is 5.10 Å². The van der Waals surface area contributed by atoms with Gasteiger partial charge in [0.2, 0.25) is 11.9 Å². The van der Waals surface area contributed by atoms with E-state index in [4.69, 9.17) is 0 Å². The maximum atomic E-state index is 11.9. The number of para-hydroxylation sites is 1. The molecule has 82 valence electrons. The van der Waals surface area contributed by atoms with Crippen molar-refractivity contribution >= 4 is 10.8 Å². The van der Waals surface area contributed by atoms with Gasteiger partial charge in [-0.1, -0.05) is 35.0 Å². The Hall–Kier alpha value is -2.42. The first-order chi connectivity index (χ1) is 8.34. The Bertz CT molecular complexity index is 717. The summed E-state index contributed by atoms with van der Waals surface area (Å²) in [7, 11) is 0. The van der Waals surface area contributed by atoms with Crippen molar-refractivity contribution in [1.29, 1.82) is 0 Å². The van der Waals surface area contributed by atoms with E-state index in [9.17, 15) is 4.79 Å². The number of rotatable bonds is 1. The minimum absolute atomic E-state index is 0.0769. The zero-order valence-electron chi connectivity index (χ0n) is 9.13. The van der Waals surface area contributed by atoms with Crippen LogP contribution in [0.3, 0.4) is 0 Å². The highest BCUT2D eigenvalue weighted by molar-refractivity contribution is 5.79. The number of H-pyrrole nitrogens is 1. The number of hydrogen-bond donors (Lipinski definition) is 1. The second-order valence-corrected chi connectivity index (χ2v) is 3.86. The van der Waals surface area contributed by atoms with Crippen LogP contribution in [-0.4, -0.2) is 5.10 Å². The van der Waals surface area contributed by atoms with Gasteiger partial charge in [-0.25, -0.2) is 0 Å². The molecule has 0 saturated heterocycles. The lowest BCUT2D eigenvalue weighted by Crippen LogP contribution is -2.40. The number of fused-ring (bicyclic) bond motifs is 1. The maximum absolute atomic E-state index is 11.9. The normalized spacial score (nSPS) is 10.6. The minimum Gasteiger partial charge on any atom is -0.264 e. The Morgan fingerprint density at radius 3 is 2.41 bits per heavy atom. The van der Waals surface area contributed by atoms with E-state index in [-0.39, 0.29) is 5.56 Å². The van der Waals surface area contributed by atoms with Gasteiger partial charge < -0.3 is 0 Å². The molecule has 0 amide bonds. The van der Waals surface area contributed by atoms with Crippen molar-refractivity contribution in [3.63, 3.8) is 0 Å². The van der Waals surface area contributed by atoms with E-state index < -0.39 is 0 Å². The van der Waals surface area contributed by atoms with Crippen LogP contribution in [-0.2, 0) is 0 Å². The number of hydrogen-bond acceptors (Lipinski definition) is 1. The summed E-state index contributed by atoms with van der Waals surface area (Å²) in [6.45, 7) is 0. The molecule has 0 unspecified atom stereocenters. The molecule has 0 aliphatic rings. The largest absolute Gasteiger partial charge is 0.306 e. The molecule has 17 heavy (non-hydrogen) atoms. The van der Waals surface area contributed by atoms with Gasteiger partial charge in [0, 0.05) is 12.1 Å². The highest BCUT2D eigenvalue weighted by atomic mass is 16.1. The SMILES string of the molecule is O=c1[nH][n+](-c2ccccc2)cc2ccccc12. The van der Waals surface area contributed by atoms with Crippen LogP contribution in [0, 0.1) is 0 Å². The molecule has 0 saturated carbocycles. The molecular formula is C14H11N2O+. The number of nitrogens with zero attached hydrogens (tertiary/aromatic N) is 1. The van der Waals surface area contributed by atoms with Gasteiger partial charge in [0.15, 0.2) is 0 Å². The Labute approximate surface area is 97.9 Å². The quantitative estimate of drug-likeness (QED) is 0.627. The third kappa shape index (κ3) is 1.72. The first-order valence-electron chi connectivity index (χ1n) is 5.44. The van der Waals surface area contributed by atoms with Gasteiger partial charge >= 0.3 is 5.56 Å². The first kappa shape index (κ1) is 9.78. The lowest BCUT2D eigenvalue weighted by Gasteiger charge is -1.97. The van der Waals surface area contributed by atoms with Gasteiger partial charge in [-0.2, -0.15) is 0 Å². The second kappa shape index (κ2) is 3.87. The van der Waals surface area contributed by atoms with E-state index in [1.54, 1.807) is 4.68 Å². The molecule has 3 rings (SSSR count). The van der Waals surface area contributed by atoms with Gasteiger partial charge in [-0.05, 0) is 12.1 Å². The van der Waals surface area contributed by atoms with E-state index in [0.29, 0.717) is 5.39 Å². The summed E-state index contributed by atoms with van der Waals surface area (Å²) in [4.78, 5) is 11.9. The Kier molecular flexibility index (Phi) is 2.22. The maximum Gasteiger partial charge on any atom is 0.306 e. The molecule has 0 radical (unpaired) electrons. The predicted octanol–water partition coefficient (Wildman–Crippen LogP) is 1.80. The molecule has 2 aromatic carbocycles. The third-order valence-corrected chi connectivity index (χ3v) is 2.73. The molecule has 3 aromatic rings. The minimum atomic E-state index is -0.0769. The highest BCUT2D eigenvalue weighted by Crippen LogP contribution is 2.06. The average Bonchev–Trinajstić information content (AvgIpc) is 2.40. The summed E-state index contributed by atoms with van der Waals surface area (Å²) in [5.74, 6) is 0. The van der Waals surface area contributed by atoms with Crippen LogP contribution in [0.4, 0.5) is 0 Å². The summed E-state index contributed by atoms with van der Waals surface area (Å²) < 4.78 is 1.74. The molecule has 0 fully saturated rings. The molecule has 3 heteroatoms. The van der Waals surface area contributed by atoms with E-state index in [1.807, 2.05) is 60.8 Å². The summed E-state index contributed by atoms with van der Waals surface area (Å²) in [6, 6.07) is 17.3. The lowest BCUT2D eigenvalue weighted by molar-refractivity contribution is -0.659. The van der Waals surface area contributed by atoms with Crippen molar-refractivity contribution in [3.8, 4) is 5.69 Å². The van der Waals surface area contributed by atoms with Crippen LogP contribution in [0.15, 0.2) is 65.6 Å². The Morgan fingerprint density at radius 2 is 1.59 bits per heavy atom. The molecular weight excluding hydrogens is 212 g/mol. The van der Waals surface area contributed by atoms with Gasteiger partial charge in [-0.3, -0.25) is 4.79 Å². The number of nitrogens with one attached hydrogen (secondary N) is 1. The molecule has 1 heterocycles. The van der Waals surface area contributed by atoms with Crippen LogP contribution < -0.4 is 10.2 Å². The van der Waals surface area contributed by atoms with E-state index in [0.717, 1.165) is 11.1 Å². The van der Waals surface area contributed by atoms with E-state index in [1.165, 1.54) is 0 Å². The summed E-state index contributed by atoms with van der Waals surface area (Å²) in [5.41, 5.74) is 0.863. The van der Waals surface area contributed by atoms with Gasteiger partial charge in [0.1, 0.15) is 0 Å². The monoisotopic (exact) mass is 223 g/mol. The first-order valence-corrected chi connectivity index (χ1v) is 5.44. The predicted molar refractivity (Wildman–Crippen MR) is 66.1 cm³/mol. The molecule has 0 atom stereocenters. The van der Waals surface area contributed by atoms with Crippen molar-refractivity contribution in [2.45, 2.75) is 0 Å². The van der Waals surface area contributed by atoms with Crippen LogP contribution in [0.5, 0.6) is 0 Å². The van der Waals surface area contributed by atoms with Crippen LogP contribution >= 0.6 is 0 Å². The fourth-order valence-corrected chi connectivity index (χ4v) is 1.89. The van der Waals surface area contributed by atoms with E-state index in [2.05, 4.69) is 5.10 Å². The highest BCUT2D eigenvalue weighted by Gasteiger charge is 2.09. The number of benzene rings is 2. The topological polar surface area (TPSA) is 36.7 Å². The summed E-state index contributed by atoms with van der Waals surface area (Å²) in [6.07, 6.45) is 1.92. The van der Waals surface area contributed by atoms with Crippen LogP contribution in [0.2, 0.25) is 0 Å². The van der Waals surface area contributed by atoms with Crippen molar-refractivity contribution in [1.82, 2.24) is 5.10 Å². The number of aromatic nitrogens is 2. The smallest absolute Gasteiger partial charge is 0.264 e.